The fourth-order valence-corrected chi connectivity index (χ4v) is 4.34. The van der Waals surface area contributed by atoms with E-state index in [1.807, 2.05) is 51.1 Å². The molecular formula is C27H24IN7O4. The summed E-state index contributed by atoms with van der Waals surface area (Å²) in [6.07, 6.45) is 3.06. The maximum absolute atomic E-state index is 12.6. The molecule has 2 aromatic heterocycles. The first-order chi connectivity index (χ1) is 18.5. The highest BCUT2D eigenvalue weighted by Gasteiger charge is 2.24. The Labute approximate surface area is 237 Å². The molecule has 3 heterocycles. The number of nitrogens with one attached hydrogen (secondary N) is 4. The Morgan fingerprint density at radius 1 is 1.03 bits per heavy atom. The van der Waals surface area contributed by atoms with Crippen molar-refractivity contribution >= 4 is 75.2 Å². The predicted molar refractivity (Wildman–Crippen MR) is 155 cm³/mol. The van der Waals surface area contributed by atoms with Crippen molar-refractivity contribution < 1.29 is 19.1 Å². The summed E-state index contributed by atoms with van der Waals surface area (Å²) in [5.74, 6) is 0.0797. The first-order valence-electron chi connectivity index (χ1n) is 11.9. The number of halogens is 1. The Kier molecular flexibility index (Phi) is 6.95. The minimum absolute atomic E-state index is 0.0900. The number of amides is 3. The molecule has 1 aliphatic heterocycles. The number of hydrogen-bond donors (Lipinski definition) is 4. The number of carbonyl (C=O) groups is 3. The Balaban J connectivity index is 1.55. The largest absolute Gasteiger partial charge is 0.456 e. The second-order valence-electron chi connectivity index (χ2n) is 9.67. The number of rotatable bonds is 6. The number of carbonyl (C=O) groups excluding carboxylic acids is 3. The van der Waals surface area contributed by atoms with Crippen LogP contribution in [0.2, 0.25) is 0 Å². The van der Waals surface area contributed by atoms with Gasteiger partial charge in [0.25, 0.3) is 5.91 Å². The molecule has 0 unspecified atom stereocenters. The van der Waals surface area contributed by atoms with E-state index in [0.717, 1.165) is 9.26 Å². The van der Waals surface area contributed by atoms with Crippen LogP contribution in [0.15, 0.2) is 66.5 Å². The van der Waals surface area contributed by atoms with Gasteiger partial charge in [-0.15, -0.1) is 0 Å². The van der Waals surface area contributed by atoms with Gasteiger partial charge in [-0.25, -0.2) is 14.6 Å². The molecule has 0 bridgehead atoms. The van der Waals surface area contributed by atoms with Crippen molar-refractivity contribution in [1.29, 1.82) is 0 Å². The van der Waals surface area contributed by atoms with Crippen LogP contribution in [0, 0.1) is 3.57 Å². The summed E-state index contributed by atoms with van der Waals surface area (Å²) in [4.78, 5) is 41.0. The van der Waals surface area contributed by atoms with E-state index in [1.54, 1.807) is 35.0 Å². The number of aromatic nitrogens is 3. The maximum Gasteiger partial charge on any atom is 0.338 e. The molecule has 5 rings (SSSR count). The summed E-state index contributed by atoms with van der Waals surface area (Å²) in [6, 6.07) is 15.9. The lowest BCUT2D eigenvalue weighted by Crippen LogP contribution is -2.23. The second-order valence-corrected chi connectivity index (χ2v) is 10.9. The normalized spacial score (nSPS) is 14.3. The second kappa shape index (κ2) is 10.4. The van der Waals surface area contributed by atoms with Crippen LogP contribution in [0.3, 0.4) is 0 Å². The number of benzene rings is 2. The van der Waals surface area contributed by atoms with E-state index < -0.39 is 23.5 Å². The number of urea groups is 1. The molecule has 1 fully saturated rings. The van der Waals surface area contributed by atoms with Crippen molar-refractivity contribution in [2.45, 2.75) is 26.4 Å². The van der Waals surface area contributed by atoms with Crippen LogP contribution in [-0.2, 0) is 9.53 Å². The Morgan fingerprint density at radius 3 is 2.46 bits per heavy atom. The first-order valence-corrected chi connectivity index (χ1v) is 13.0. The smallest absolute Gasteiger partial charge is 0.338 e. The van der Waals surface area contributed by atoms with Gasteiger partial charge in [-0.3, -0.25) is 10.1 Å². The molecule has 4 N–H and O–H groups in total. The predicted octanol–water partition coefficient (Wildman–Crippen LogP) is 4.96. The van der Waals surface area contributed by atoms with E-state index in [2.05, 4.69) is 49.0 Å². The fraction of sp³-hybridized carbons (Fsp3) is 0.148. The SMILES string of the molecule is CC(C)(C)OC(=O)c1cccc(Nc2cc(Nc3cccc(I)c3)nc3c(/C=C4\NC(=O)NC4=O)cnn23)c1. The minimum Gasteiger partial charge on any atom is -0.456 e. The van der Waals surface area contributed by atoms with Crippen LogP contribution in [0.25, 0.3) is 11.7 Å². The zero-order valence-electron chi connectivity index (χ0n) is 21.2. The number of ether oxygens (including phenoxy) is 1. The molecule has 1 aliphatic rings. The molecule has 1 saturated heterocycles. The third kappa shape index (κ3) is 6.17. The molecule has 2 aromatic carbocycles. The zero-order chi connectivity index (χ0) is 27.7. The highest BCUT2D eigenvalue weighted by molar-refractivity contribution is 14.1. The van der Waals surface area contributed by atoms with Gasteiger partial charge >= 0.3 is 12.0 Å². The summed E-state index contributed by atoms with van der Waals surface area (Å²) in [7, 11) is 0. The first kappa shape index (κ1) is 26.2. The highest BCUT2D eigenvalue weighted by Crippen LogP contribution is 2.27. The van der Waals surface area contributed by atoms with Crippen LogP contribution in [0.1, 0.15) is 36.7 Å². The van der Waals surface area contributed by atoms with Crippen molar-refractivity contribution in [3.63, 3.8) is 0 Å². The van der Waals surface area contributed by atoms with Crippen LogP contribution < -0.4 is 21.3 Å². The van der Waals surface area contributed by atoms with Crippen molar-refractivity contribution in [3.05, 3.63) is 81.2 Å². The summed E-state index contributed by atoms with van der Waals surface area (Å²) < 4.78 is 8.12. The Bertz CT molecular complexity index is 1660. The number of hydrogen-bond acceptors (Lipinski definition) is 8. The number of fused-ring (bicyclic) bond motifs is 1. The third-order valence-electron chi connectivity index (χ3n) is 5.39. The molecule has 0 spiro atoms. The number of nitrogens with zero attached hydrogens (tertiary/aromatic N) is 3. The van der Waals surface area contributed by atoms with E-state index >= 15 is 0 Å². The topological polar surface area (TPSA) is 139 Å². The lowest BCUT2D eigenvalue weighted by atomic mass is 10.1. The van der Waals surface area contributed by atoms with Gasteiger partial charge in [-0.05, 0) is 85.8 Å². The van der Waals surface area contributed by atoms with Crippen molar-refractivity contribution in [2.24, 2.45) is 0 Å². The van der Waals surface area contributed by atoms with Gasteiger partial charge in [0.15, 0.2) is 5.65 Å². The standard InChI is InChI=1S/C27H24IN7O4/c1-27(2,3)39-25(37)15-6-4-8-18(10-15)31-22-13-21(30-19-9-5-7-17(28)12-19)33-23-16(14-29-35(22)23)11-20-24(36)34-26(38)32-20/h4-14,31H,1-3H3,(H,30,33)(H2,32,34,36,38)/b20-11-. The van der Waals surface area contributed by atoms with E-state index in [-0.39, 0.29) is 5.70 Å². The lowest BCUT2D eigenvalue weighted by Gasteiger charge is -2.19. The molecule has 0 saturated carbocycles. The molecule has 198 valence electrons. The molecule has 4 aromatic rings. The summed E-state index contributed by atoms with van der Waals surface area (Å²) in [6.45, 7) is 5.44. The molecule has 0 atom stereocenters. The summed E-state index contributed by atoms with van der Waals surface area (Å²) >= 11 is 2.23. The molecule has 11 nitrogen and oxygen atoms in total. The van der Waals surface area contributed by atoms with E-state index in [4.69, 9.17) is 9.72 Å². The van der Waals surface area contributed by atoms with Crippen LogP contribution in [-0.4, -0.2) is 38.1 Å². The fourth-order valence-electron chi connectivity index (χ4n) is 3.80. The quantitative estimate of drug-likeness (QED) is 0.101. The Hall–Kier alpha value is -4.46. The van der Waals surface area contributed by atoms with E-state index in [0.29, 0.717) is 34.1 Å². The minimum atomic E-state index is -0.622. The Morgan fingerprint density at radius 2 is 1.77 bits per heavy atom. The molecule has 12 heteroatoms. The van der Waals surface area contributed by atoms with Crippen molar-refractivity contribution in [2.75, 3.05) is 10.6 Å². The van der Waals surface area contributed by atoms with Gasteiger partial charge in [-0.2, -0.15) is 9.61 Å². The lowest BCUT2D eigenvalue weighted by molar-refractivity contribution is -0.115. The van der Waals surface area contributed by atoms with Gasteiger partial charge in [0.2, 0.25) is 0 Å². The molecule has 0 aliphatic carbocycles. The van der Waals surface area contributed by atoms with Crippen molar-refractivity contribution in [3.8, 4) is 0 Å². The van der Waals surface area contributed by atoms with Crippen LogP contribution in [0.5, 0.6) is 0 Å². The molecule has 3 amide bonds. The molecular weight excluding hydrogens is 613 g/mol. The van der Waals surface area contributed by atoms with Crippen LogP contribution >= 0.6 is 22.6 Å². The molecule has 0 radical (unpaired) electrons. The maximum atomic E-state index is 12.6. The molecule has 39 heavy (non-hydrogen) atoms. The number of esters is 1. The van der Waals surface area contributed by atoms with Crippen LogP contribution in [0.4, 0.5) is 27.8 Å². The average molecular weight is 637 g/mol. The van der Waals surface area contributed by atoms with Gasteiger partial charge in [-0.1, -0.05) is 12.1 Å². The van der Waals surface area contributed by atoms with Gasteiger partial charge in [0.05, 0.1) is 11.8 Å². The van der Waals surface area contributed by atoms with E-state index in [1.165, 1.54) is 6.08 Å². The van der Waals surface area contributed by atoms with E-state index in [9.17, 15) is 14.4 Å². The summed E-state index contributed by atoms with van der Waals surface area (Å²) in [5, 5.41) is 15.7. The van der Waals surface area contributed by atoms with Gasteiger partial charge in [0, 0.05) is 26.6 Å². The zero-order valence-corrected chi connectivity index (χ0v) is 23.4. The average Bonchev–Trinajstić information content (AvgIpc) is 3.40. The van der Waals surface area contributed by atoms with Crippen molar-refractivity contribution in [1.82, 2.24) is 25.2 Å². The van der Waals surface area contributed by atoms with Gasteiger partial charge < -0.3 is 20.7 Å². The third-order valence-corrected chi connectivity index (χ3v) is 6.06. The highest BCUT2D eigenvalue weighted by atomic mass is 127. The number of anilines is 4. The monoisotopic (exact) mass is 637 g/mol. The summed E-state index contributed by atoms with van der Waals surface area (Å²) in [5.41, 5.74) is 2.27. The van der Waals surface area contributed by atoms with Gasteiger partial charge in [0.1, 0.15) is 22.9 Å². The number of imide groups is 1.